The number of hydrogen-bond acceptors (Lipinski definition) is 2. The molecule has 21 heavy (non-hydrogen) atoms. The number of ether oxygens (including phenoxy) is 1. The first-order chi connectivity index (χ1) is 9.94. The molecule has 0 aromatic heterocycles. The molecule has 0 aliphatic heterocycles. The Hall–Kier alpha value is -1.42. The number of carbonyl (C=O) groups is 1. The summed E-state index contributed by atoms with van der Waals surface area (Å²) in [5, 5.41) is 4.23. The highest BCUT2D eigenvalue weighted by Gasteiger charge is 2.15. The van der Waals surface area contributed by atoms with Gasteiger partial charge in [-0.2, -0.15) is 0 Å². The van der Waals surface area contributed by atoms with Crippen molar-refractivity contribution in [1.29, 1.82) is 0 Å². The van der Waals surface area contributed by atoms with Crippen molar-refractivity contribution in [1.82, 2.24) is 0 Å². The van der Waals surface area contributed by atoms with Crippen LogP contribution in [0.25, 0.3) is 0 Å². The summed E-state index contributed by atoms with van der Waals surface area (Å²) < 4.78 is 5.53. The maximum Gasteiger partial charge on any atom is 0.265 e. The van der Waals surface area contributed by atoms with Crippen LogP contribution in [0, 0.1) is 0 Å². The van der Waals surface area contributed by atoms with Crippen LogP contribution in [-0.2, 0) is 4.79 Å². The molecule has 2 rings (SSSR count). The molecule has 2 aromatic carbocycles. The van der Waals surface area contributed by atoms with Crippen LogP contribution < -0.4 is 10.1 Å². The fourth-order valence-electron chi connectivity index (χ4n) is 1.63. The number of anilines is 1. The van der Waals surface area contributed by atoms with Crippen LogP contribution in [0.3, 0.4) is 0 Å². The Labute approximate surface area is 137 Å². The zero-order chi connectivity index (χ0) is 15.4. The third-order valence-corrected chi connectivity index (χ3v) is 3.32. The minimum absolute atomic E-state index is 0.284. The second-order valence-corrected chi connectivity index (χ2v) is 5.67. The Bertz CT molecular complexity index is 624. The highest BCUT2D eigenvalue weighted by atomic mass is 35.5. The van der Waals surface area contributed by atoms with Crippen LogP contribution in [0.4, 0.5) is 5.69 Å². The predicted octanol–water partition coefficient (Wildman–Crippen LogP) is 5.05. The van der Waals surface area contributed by atoms with Gasteiger partial charge in [-0.1, -0.05) is 34.8 Å². The van der Waals surface area contributed by atoms with Gasteiger partial charge < -0.3 is 10.1 Å². The molecule has 3 nitrogen and oxygen atoms in total. The molecule has 0 aliphatic carbocycles. The fraction of sp³-hybridized carbons (Fsp3) is 0.133. The standard InChI is InChI=1S/C15H12Cl3NO2/c1-9(21-14-7-11(17)6-12(18)8-14)15(20)19-13-4-2-10(16)3-5-13/h2-9H,1H3,(H,19,20)/t9-/m0/s1. The molecule has 0 heterocycles. The van der Waals surface area contributed by atoms with E-state index in [1.54, 1.807) is 49.4 Å². The van der Waals surface area contributed by atoms with Gasteiger partial charge in [0.05, 0.1) is 0 Å². The van der Waals surface area contributed by atoms with E-state index in [1.165, 1.54) is 0 Å². The van der Waals surface area contributed by atoms with Crippen LogP contribution in [0.15, 0.2) is 42.5 Å². The van der Waals surface area contributed by atoms with Crippen molar-refractivity contribution in [2.45, 2.75) is 13.0 Å². The van der Waals surface area contributed by atoms with Crippen molar-refractivity contribution < 1.29 is 9.53 Å². The van der Waals surface area contributed by atoms with Gasteiger partial charge in [0.2, 0.25) is 0 Å². The Kier molecular flexibility index (Phi) is 5.34. The summed E-state index contributed by atoms with van der Waals surface area (Å²) in [6, 6.07) is 11.6. The monoisotopic (exact) mass is 343 g/mol. The van der Waals surface area contributed by atoms with Crippen molar-refractivity contribution in [3.05, 3.63) is 57.5 Å². The average molecular weight is 345 g/mol. The molecule has 1 amide bonds. The van der Waals surface area contributed by atoms with Gasteiger partial charge in [0, 0.05) is 20.8 Å². The van der Waals surface area contributed by atoms with Crippen LogP contribution >= 0.6 is 34.8 Å². The number of rotatable bonds is 4. The molecule has 0 spiro atoms. The Morgan fingerprint density at radius 1 is 1.00 bits per heavy atom. The summed E-state index contributed by atoms with van der Waals surface area (Å²) in [5.74, 6) is 0.152. The lowest BCUT2D eigenvalue weighted by molar-refractivity contribution is -0.122. The Morgan fingerprint density at radius 2 is 1.57 bits per heavy atom. The highest BCUT2D eigenvalue weighted by molar-refractivity contribution is 6.34. The maximum atomic E-state index is 12.0. The summed E-state index contributed by atoms with van der Waals surface area (Å²) >= 11 is 17.5. The van der Waals surface area contributed by atoms with E-state index in [0.29, 0.717) is 26.5 Å². The highest BCUT2D eigenvalue weighted by Crippen LogP contribution is 2.25. The fourth-order valence-corrected chi connectivity index (χ4v) is 2.26. The molecule has 1 N–H and O–H groups in total. The van der Waals surface area contributed by atoms with E-state index < -0.39 is 6.10 Å². The molecule has 0 radical (unpaired) electrons. The molecule has 110 valence electrons. The van der Waals surface area contributed by atoms with E-state index in [1.807, 2.05) is 0 Å². The smallest absolute Gasteiger partial charge is 0.265 e. The second-order valence-electron chi connectivity index (χ2n) is 4.36. The molecule has 0 fully saturated rings. The van der Waals surface area contributed by atoms with Gasteiger partial charge in [-0.15, -0.1) is 0 Å². The van der Waals surface area contributed by atoms with Gasteiger partial charge in [-0.3, -0.25) is 4.79 Å². The molecule has 0 unspecified atom stereocenters. The molecule has 0 aliphatic rings. The van der Waals surface area contributed by atoms with E-state index in [4.69, 9.17) is 39.5 Å². The van der Waals surface area contributed by atoms with Crippen molar-refractivity contribution in [2.75, 3.05) is 5.32 Å². The van der Waals surface area contributed by atoms with Gasteiger partial charge in [0.25, 0.3) is 5.91 Å². The first-order valence-corrected chi connectivity index (χ1v) is 7.26. The summed E-state index contributed by atoms with van der Waals surface area (Å²) in [6.45, 7) is 1.64. The number of amides is 1. The average Bonchev–Trinajstić information content (AvgIpc) is 2.40. The predicted molar refractivity (Wildman–Crippen MR) is 86.6 cm³/mol. The molecule has 0 bridgehead atoms. The minimum atomic E-state index is -0.699. The number of halogens is 3. The van der Waals surface area contributed by atoms with Crippen molar-refractivity contribution in [3.63, 3.8) is 0 Å². The summed E-state index contributed by atoms with van der Waals surface area (Å²) in [6.07, 6.45) is -0.699. The Morgan fingerprint density at radius 3 is 2.14 bits per heavy atom. The third-order valence-electron chi connectivity index (χ3n) is 2.63. The normalized spacial score (nSPS) is 11.8. The third kappa shape index (κ3) is 4.81. The first-order valence-electron chi connectivity index (χ1n) is 6.13. The van der Waals surface area contributed by atoms with Crippen LogP contribution in [0.1, 0.15) is 6.92 Å². The zero-order valence-electron chi connectivity index (χ0n) is 11.1. The van der Waals surface area contributed by atoms with Crippen LogP contribution in [0.5, 0.6) is 5.75 Å². The summed E-state index contributed by atoms with van der Waals surface area (Å²) in [4.78, 5) is 12.0. The minimum Gasteiger partial charge on any atom is -0.481 e. The number of carbonyl (C=O) groups excluding carboxylic acids is 1. The summed E-state index contributed by atoms with van der Waals surface area (Å²) in [7, 11) is 0. The van der Waals surface area contributed by atoms with Crippen molar-refractivity contribution >= 4 is 46.4 Å². The maximum absolute atomic E-state index is 12.0. The number of hydrogen-bond donors (Lipinski definition) is 1. The zero-order valence-corrected chi connectivity index (χ0v) is 13.3. The quantitative estimate of drug-likeness (QED) is 0.842. The van der Waals surface area contributed by atoms with Gasteiger partial charge in [0.1, 0.15) is 5.75 Å². The van der Waals surface area contributed by atoms with Gasteiger partial charge in [-0.05, 0) is 49.4 Å². The van der Waals surface area contributed by atoms with E-state index in [0.717, 1.165) is 0 Å². The molecule has 6 heteroatoms. The molecular weight excluding hydrogens is 333 g/mol. The lowest BCUT2D eigenvalue weighted by Crippen LogP contribution is -2.30. The van der Waals surface area contributed by atoms with E-state index in [2.05, 4.69) is 5.32 Å². The second kappa shape index (κ2) is 7.03. The SMILES string of the molecule is C[C@H](Oc1cc(Cl)cc(Cl)c1)C(=O)Nc1ccc(Cl)cc1. The van der Waals surface area contributed by atoms with E-state index in [-0.39, 0.29) is 5.91 Å². The Balaban J connectivity index is 2.00. The lowest BCUT2D eigenvalue weighted by Gasteiger charge is -2.15. The number of benzene rings is 2. The van der Waals surface area contributed by atoms with Crippen molar-refractivity contribution in [3.8, 4) is 5.75 Å². The van der Waals surface area contributed by atoms with Crippen LogP contribution in [0.2, 0.25) is 15.1 Å². The van der Waals surface area contributed by atoms with Gasteiger partial charge in [0.15, 0.2) is 6.10 Å². The molecular formula is C15H12Cl3NO2. The molecule has 0 saturated carbocycles. The van der Waals surface area contributed by atoms with E-state index >= 15 is 0 Å². The topological polar surface area (TPSA) is 38.3 Å². The lowest BCUT2D eigenvalue weighted by atomic mass is 10.3. The molecule has 1 atom stereocenters. The van der Waals surface area contributed by atoms with Crippen molar-refractivity contribution in [2.24, 2.45) is 0 Å². The molecule has 2 aromatic rings. The first kappa shape index (κ1) is 16.0. The largest absolute Gasteiger partial charge is 0.481 e. The summed E-state index contributed by atoms with van der Waals surface area (Å²) in [5.41, 5.74) is 0.643. The van der Waals surface area contributed by atoms with Gasteiger partial charge in [-0.25, -0.2) is 0 Å². The van der Waals surface area contributed by atoms with E-state index in [9.17, 15) is 4.79 Å². The van der Waals surface area contributed by atoms with Crippen LogP contribution in [-0.4, -0.2) is 12.0 Å². The number of nitrogens with one attached hydrogen (secondary N) is 1. The van der Waals surface area contributed by atoms with Gasteiger partial charge >= 0.3 is 0 Å². The molecule has 0 saturated heterocycles.